The summed E-state index contributed by atoms with van der Waals surface area (Å²) >= 11 is -5.09. The van der Waals surface area contributed by atoms with Crippen LogP contribution in [0.5, 0.6) is 0 Å². The molecule has 0 aromatic heterocycles. The molecule has 5 atom stereocenters. The molecular weight excluding hydrogens is 298 g/mol. The van der Waals surface area contributed by atoms with Crippen LogP contribution in [0.2, 0.25) is 0 Å². The minimum Gasteiger partial charge on any atom is -0.815 e. The third-order valence-corrected chi connectivity index (χ3v) is 3.62. The van der Waals surface area contributed by atoms with Gasteiger partial charge < -0.3 is 54.5 Å². The average molecular weight is 316 g/mol. The number of likely N-dealkylation sites (tertiary alicyclic amines) is 1. The van der Waals surface area contributed by atoms with Crippen molar-refractivity contribution in [2.24, 2.45) is 0 Å². The highest BCUT2D eigenvalue weighted by Gasteiger charge is 2.40. The molecule has 1 saturated heterocycles. The monoisotopic (exact) mass is 316 g/mol. The van der Waals surface area contributed by atoms with E-state index in [1.165, 1.54) is 4.90 Å². The Morgan fingerprint density at radius 2 is 1.85 bits per heavy atom. The molecule has 5 N–H and O–H groups in total. The first-order valence-electron chi connectivity index (χ1n) is 5.83. The third-order valence-electron chi connectivity index (χ3n) is 3.14. The summed E-state index contributed by atoms with van der Waals surface area (Å²) in [5.74, 6) is 0. The summed E-state index contributed by atoms with van der Waals surface area (Å²) in [4.78, 5) is 1.31. The molecule has 11 heteroatoms. The summed E-state index contributed by atoms with van der Waals surface area (Å²) in [7, 11) is 0. The van der Waals surface area contributed by atoms with Gasteiger partial charge in [0.15, 0.2) is 0 Å². The molecule has 0 aromatic rings. The molecule has 1 aliphatic rings. The fourth-order valence-electron chi connectivity index (χ4n) is 2.11. The maximum Gasteiger partial charge on any atom is 0.116 e. The molecule has 5 unspecified atom stereocenters. The van der Waals surface area contributed by atoms with Gasteiger partial charge in [0.1, 0.15) is 6.10 Å². The maximum atomic E-state index is 10.4. The Morgan fingerprint density at radius 3 is 2.30 bits per heavy atom. The van der Waals surface area contributed by atoms with Crippen molar-refractivity contribution >= 4 is 11.2 Å². The standard InChI is InChI=1S/C9H21NO9S/c11-3-5-9(15)7(14)2-10(5)1-6(13)8(4-12)19-20(16,17)18/h5-9,11-18H,1-4H2/p-3. The van der Waals surface area contributed by atoms with Gasteiger partial charge >= 0.3 is 0 Å². The highest BCUT2D eigenvalue weighted by atomic mass is 32.3. The Bertz CT molecular complexity index is 302. The van der Waals surface area contributed by atoms with E-state index in [0.29, 0.717) is 0 Å². The number of nitrogens with zero attached hydrogens (tertiary/aromatic N) is 1. The van der Waals surface area contributed by atoms with Crippen LogP contribution in [-0.4, -0.2) is 101 Å². The Labute approximate surface area is 117 Å². The lowest BCUT2D eigenvalue weighted by Gasteiger charge is -2.63. The molecule has 1 rings (SSSR count). The Morgan fingerprint density at radius 1 is 1.25 bits per heavy atom. The molecule has 0 aromatic carbocycles. The fraction of sp³-hybridized carbons (Fsp3) is 1.00. The van der Waals surface area contributed by atoms with Crippen molar-refractivity contribution in [2.75, 3.05) is 26.3 Å². The van der Waals surface area contributed by atoms with E-state index in [-0.39, 0.29) is 13.1 Å². The molecule has 0 amide bonds. The quantitative estimate of drug-likeness (QED) is 0.312. The summed E-state index contributed by atoms with van der Waals surface area (Å²) in [6.07, 6.45) is -5.57. The minimum absolute atomic E-state index is 0.0638. The molecular formula is C9H18NO9S-3. The first-order valence-corrected chi connectivity index (χ1v) is 7.17. The maximum absolute atomic E-state index is 10.4. The zero-order chi connectivity index (χ0) is 15.5. The van der Waals surface area contributed by atoms with Crippen LogP contribution in [-0.2, 0) is 4.18 Å². The van der Waals surface area contributed by atoms with E-state index >= 15 is 0 Å². The van der Waals surface area contributed by atoms with Crippen molar-refractivity contribution in [3.8, 4) is 0 Å². The Kier molecular flexibility index (Phi) is 6.56. The van der Waals surface area contributed by atoms with Crippen molar-refractivity contribution in [1.29, 1.82) is 0 Å². The number of aliphatic hydroxyl groups is 5. The van der Waals surface area contributed by atoms with E-state index in [1.807, 2.05) is 0 Å². The number of aliphatic hydroxyl groups excluding tert-OH is 5. The summed E-state index contributed by atoms with van der Waals surface area (Å²) in [6, 6.07) is -0.845. The summed E-state index contributed by atoms with van der Waals surface area (Å²) in [6.45, 7) is -1.77. The minimum atomic E-state index is -5.09. The largest absolute Gasteiger partial charge is 0.815 e. The lowest BCUT2D eigenvalue weighted by molar-refractivity contribution is -0.0370. The van der Waals surface area contributed by atoms with Gasteiger partial charge in [-0.3, -0.25) is 4.90 Å². The van der Waals surface area contributed by atoms with Crippen LogP contribution in [0.3, 0.4) is 0 Å². The number of β-amino-alcohol motifs (C(OH)–C–C–N with tert-alkyl or cyclic N) is 2. The summed E-state index contributed by atoms with van der Waals surface area (Å²) in [5.41, 5.74) is 0. The molecule has 0 saturated carbocycles. The Balaban J connectivity index is 2.62. The smallest absolute Gasteiger partial charge is 0.116 e. The normalized spacial score (nSPS) is 32.3. The van der Waals surface area contributed by atoms with Gasteiger partial charge in [0.25, 0.3) is 0 Å². The highest BCUT2D eigenvalue weighted by molar-refractivity contribution is 8.14. The van der Waals surface area contributed by atoms with Crippen LogP contribution < -0.4 is 0 Å². The van der Waals surface area contributed by atoms with E-state index < -0.39 is 54.8 Å². The van der Waals surface area contributed by atoms with Crippen LogP contribution >= 0.6 is 11.2 Å². The first kappa shape index (κ1) is 18.0. The van der Waals surface area contributed by atoms with Gasteiger partial charge in [-0.25, -0.2) is 0 Å². The topological polar surface area (TPSA) is 183 Å². The molecule has 0 spiro atoms. The molecule has 1 aliphatic heterocycles. The molecule has 0 radical (unpaired) electrons. The zero-order valence-electron chi connectivity index (χ0n) is 10.4. The number of rotatable bonds is 7. The van der Waals surface area contributed by atoms with Gasteiger partial charge in [-0.2, -0.15) is 0 Å². The lowest BCUT2D eigenvalue weighted by atomic mass is 10.1. The second-order valence-corrected chi connectivity index (χ2v) is 5.56. The van der Waals surface area contributed by atoms with Gasteiger partial charge in [0.2, 0.25) is 0 Å². The highest BCUT2D eigenvalue weighted by Crippen LogP contribution is 2.35. The third kappa shape index (κ3) is 4.75. The molecule has 10 nitrogen and oxygen atoms in total. The zero-order valence-corrected chi connectivity index (χ0v) is 11.3. The van der Waals surface area contributed by atoms with Crippen LogP contribution in [0.4, 0.5) is 0 Å². The second kappa shape index (κ2) is 7.29. The van der Waals surface area contributed by atoms with Crippen LogP contribution in [0, 0.1) is 0 Å². The average Bonchev–Trinajstić information content (AvgIpc) is 2.60. The molecule has 0 bridgehead atoms. The van der Waals surface area contributed by atoms with Gasteiger partial charge in [-0.1, -0.05) is 0 Å². The first-order chi connectivity index (χ1) is 9.19. The predicted molar refractivity (Wildman–Crippen MR) is 62.3 cm³/mol. The molecule has 20 heavy (non-hydrogen) atoms. The van der Waals surface area contributed by atoms with E-state index in [9.17, 15) is 29.0 Å². The van der Waals surface area contributed by atoms with Crippen LogP contribution in [0.1, 0.15) is 0 Å². The predicted octanol–water partition coefficient (Wildman–Crippen LogP) is -3.77. The number of hydrogen-bond acceptors (Lipinski definition) is 10. The van der Waals surface area contributed by atoms with Gasteiger partial charge in [0.05, 0.1) is 37.6 Å². The number of hydrogen-bond donors (Lipinski definition) is 5. The fourth-order valence-corrected chi connectivity index (χ4v) is 2.61. The summed E-state index contributed by atoms with van der Waals surface area (Å²) in [5, 5.41) is 46.8. The molecule has 122 valence electrons. The second-order valence-electron chi connectivity index (χ2n) is 4.55. The van der Waals surface area contributed by atoms with E-state index in [2.05, 4.69) is 4.18 Å². The van der Waals surface area contributed by atoms with E-state index in [4.69, 9.17) is 10.2 Å². The van der Waals surface area contributed by atoms with Gasteiger partial charge in [-0.05, 0) is 0 Å². The molecule has 1 fully saturated rings. The van der Waals surface area contributed by atoms with Gasteiger partial charge in [-0.15, -0.1) is 0 Å². The van der Waals surface area contributed by atoms with Crippen molar-refractivity contribution in [3.63, 3.8) is 0 Å². The molecule has 1 heterocycles. The van der Waals surface area contributed by atoms with Crippen molar-refractivity contribution in [3.05, 3.63) is 0 Å². The van der Waals surface area contributed by atoms with Crippen LogP contribution in [0.25, 0.3) is 0 Å². The summed E-state index contributed by atoms with van der Waals surface area (Å²) < 4.78 is 35.3. The van der Waals surface area contributed by atoms with Crippen molar-refractivity contribution in [1.82, 2.24) is 4.90 Å². The van der Waals surface area contributed by atoms with Crippen LogP contribution in [0.15, 0.2) is 0 Å². The Hall–Kier alpha value is -0.0500. The lowest BCUT2D eigenvalue weighted by Crippen LogP contribution is -2.47. The van der Waals surface area contributed by atoms with Crippen molar-refractivity contribution in [2.45, 2.75) is 30.5 Å². The van der Waals surface area contributed by atoms with E-state index in [1.54, 1.807) is 0 Å². The van der Waals surface area contributed by atoms with E-state index in [0.717, 1.165) is 0 Å². The molecule has 0 aliphatic carbocycles. The van der Waals surface area contributed by atoms with Crippen molar-refractivity contribution < 1.29 is 43.4 Å². The van der Waals surface area contributed by atoms with Gasteiger partial charge in [0, 0.05) is 13.1 Å². The SMILES string of the molecule is [O-]S([O-])([O-])OC(CO)C(O)CN1CC(O)C(O)C1CO.